The molecule has 2 unspecified atom stereocenters. The van der Waals surface area contributed by atoms with Crippen LogP contribution in [0.2, 0.25) is 0 Å². The number of nitrogens with zero attached hydrogens (tertiary/aromatic N) is 1. The lowest BCUT2D eigenvalue weighted by Crippen LogP contribution is -2.41. The van der Waals surface area contributed by atoms with Crippen LogP contribution in [-0.2, 0) is 14.4 Å². The molecule has 2 aromatic rings. The van der Waals surface area contributed by atoms with E-state index in [0.717, 1.165) is 41.8 Å². The van der Waals surface area contributed by atoms with Crippen LogP contribution in [0.4, 0.5) is 5.69 Å². The molecule has 2 atom stereocenters. The molecule has 1 aromatic heterocycles. The highest BCUT2D eigenvalue weighted by atomic mass is 32.1. The van der Waals surface area contributed by atoms with E-state index in [0.29, 0.717) is 13.1 Å². The van der Waals surface area contributed by atoms with Gasteiger partial charge in [0.25, 0.3) is 0 Å². The predicted molar refractivity (Wildman–Crippen MR) is 126 cm³/mol. The van der Waals surface area contributed by atoms with E-state index in [-0.39, 0.29) is 36.1 Å². The summed E-state index contributed by atoms with van der Waals surface area (Å²) in [7, 11) is 0. The molecule has 0 spiro atoms. The Morgan fingerprint density at radius 2 is 1.69 bits per heavy atom. The molecule has 4 rings (SSSR count). The largest absolute Gasteiger partial charge is 0.354 e. The Bertz CT molecular complexity index is 936. The highest BCUT2D eigenvalue weighted by molar-refractivity contribution is 7.10. The SMILES string of the molecule is Cc1ccc(N2C(=O)CC(C(=O)NCCNC(=O)C3CCCCC3)C2c2cccs2)cc1. The van der Waals surface area contributed by atoms with Crippen molar-refractivity contribution in [2.45, 2.75) is 51.5 Å². The van der Waals surface area contributed by atoms with Crippen molar-refractivity contribution in [3.8, 4) is 0 Å². The highest BCUT2D eigenvalue weighted by Gasteiger charge is 2.45. The summed E-state index contributed by atoms with van der Waals surface area (Å²) in [5.74, 6) is -0.442. The first-order chi connectivity index (χ1) is 15.5. The molecule has 2 N–H and O–H groups in total. The van der Waals surface area contributed by atoms with Gasteiger partial charge in [-0.15, -0.1) is 11.3 Å². The first-order valence-corrected chi connectivity index (χ1v) is 12.4. The van der Waals surface area contributed by atoms with Crippen molar-refractivity contribution < 1.29 is 14.4 Å². The van der Waals surface area contributed by atoms with E-state index < -0.39 is 5.92 Å². The number of hydrogen-bond acceptors (Lipinski definition) is 4. The van der Waals surface area contributed by atoms with Crippen LogP contribution in [-0.4, -0.2) is 30.8 Å². The van der Waals surface area contributed by atoms with Crippen LogP contribution in [0.1, 0.15) is 55.0 Å². The normalized spacial score (nSPS) is 21.5. The van der Waals surface area contributed by atoms with E-state index in [1.807, 2.05) is 48.7 Å². The van der Waals surface area contributed by atoms with Crippen LogP contribution >= 0.6 is 11.3 Å². The third-order valence-electron chi connectivity index (χ3n) is 6.51. The summed E-state index contributed by atoms with van der Waals surface area (Å²) in [6.45, 7) is 2.78. The second kappa shape index (κ2) is 10.3. The Morgan fingerprint density at radius 3 is 2.34 bits per heavy atom. The first-order valence-electron chi connectivity index (χ1n) is 11.5. The van der Waals surface area contributed by atoms with E-state index in [1.54, 1.807) is 16.2 Å². The number of aryl methyl sites for hydroxylation is 1. The molecule has 0 radical (unpaired) electrons. The van der Waals surface area contributed by atoms with Gasteiger partial charge in [-0.25, -0.2) is 0 Å². The summed E-state index contributed by atoms with van der Waals surface area (Å²) < 4.78 is 0. The molecule has 1 aromatic carbocycles. The first kappa shape index (κ1) is 22.5. The van der Waals surface area contributed by atoms with E-state index >= 15 is 0 Å². The van der Waals surface area contributed by atoms with E-state index in [4.69, 9.17) is 0 Å². The minimum atomic E-state index is -0.462. The van der Waals surface area contributed by atoms with Gasteiger partial charge >= 0.3 is 0 Å². The Balaban J connectivity index is 1.39. The lowest BCUT2D eigenvalue weighted by molar-refractivity contribution is -0.127. The quantitative estimate of drug-likeness (QED) is 0.623. The second-order valence-electron chi connectivity index (χ2n) is 8.79. The van der Waals surface area contributed by atoms with Crippen LogP contribution in [0, 0.1) is 18.8 Å². The van der Waals surface area contributed by atoms with Gasteiger partial charge in [-0.1, -0.05) is 43.0 Å². The average molecular weight is 454 g/mol. The summed E-state index contributed by atoms with van der Waals surface area (Å²) in [6, 6.07) is 11.5. The zero-order valence-corrected chi connectivity index (χ0v) is 19.3. The zero-order chi connectivity index (χ0) is 22.5. The molecule has 6 nitrogen and oxygen atoms in total. The number of thiophene rings is 1. The molecular formula is C25H31N3O3S. The number of carbonyl (C=O) groups is 3. The van der Waals surface area contributed by atoms with Gasteiger partial charge in [0, 0.05) is 36.0 Å². The van der Waals surface area contributed by atoms with Gasteiger partial charge in [0.05, 0.1) is 12.0 Å². The fraction of sp³-hybridized carbons (Fsp3) is 0.480. The molecule has 3 amide bonds. The van der Waals surface area contributed by atoms with E-state index in [9.17, 15) is 14.4 Å². The molecule has 32 heavy (non-hydrogen) atoms. The molecule has 2 fully saturated rings. The number of amides is 3. The molecule has 1 saturated heterocycles. The van der Waals surface area contributed by atoms with Crippen molar-refractivity contribution in [1.29, 1.82) is 0 Å². The number of hydrogen-bond donors (Lipinski definition) is 2. The maximum Gasteiger partial charge on any atom is 0.228 e. The summed E-state index contributed by atoms with van der Waals surface area (Å²) in [4.78, 5) is 41.1. The van der Waals surface area contributed by atoms with Gasteiger partial charge in [0.2, 0.25) is 17.7 Å². The van der Waals surface area contributed by atoms with Crippen molar-refractivity contribution in [3.05, 3.63) is 52.2 Å². The van der Waals surface area contributed by atoms with E-state index in [1.165, 1.54) is 6.42 Å². The predicted octanol–water partition coefficient (Wildman–Crippen LogP) is 3.96. The topological polar surface area (TPSA) is 78.5 Å². The van der Waals surface area contributed by atoms with Crippen LogP contribution in [0.5, 0.6) is 0 Å². The molecule has 0 bridgehead atoms. The zero-order valence-electron chi connectivity index (χ0n) is 18.5. The highest BCUT2D eigenvalue weighted by Crippen LogP contribution is 2.43. The van der Waals surface area contributed by atoms with Gasteiger partial charge in [-0.2, -0.15) is 0 Å². The minimum absolute atomic E-state index is 0.0435. The fourth-order valence-corrected chi connectivity index (χ4v) is 5.66. The summed E-state index contributed by atoms with van der Waals surface area (Å²) >= 11 is 1.56. The van der Waals surface area contributed by atoms with Crippen molar-refractivity contribution in [3.63, 3.8) is 0 Å². The maximum absolute atomic E-state index is 13.1. The molecular weight excluding hydrogens is 422 g/mol. The van der Waals surface area contributed by atoms with Crippen molar-refractivity contribution in [2.24, 2.45) is 11.8 Å². The Kier molecular flexibility index (Phi) is 7.25. The standard InChI is InChI=1S/C25H31N3O3S/c1-17-9-11-19(12-10-17)28-22(29)16-20(23(28)21-8-5-15-32-21)25(31)27-14-13-26-24(30)18-6-3-2-4-7-18/h5,8-12,15,18,20,23H,2-4,6-7,13-14,16H2,1H3,(H,26,30)(H,27,31). The lowest BCUT2D eigenvalue weighted by Gasteiger charge is -2.27. The molecule has 2 aliphatic rings. The van der Waals surface area contributed by atoms with Gasteiger partial charge in [0.15, 0.2) is 0 Å². The average Bonchev–Trinajstić information content (AvgIpc) is 3.45. The Hall–Kier alpha value is -2.67. The van der Waals surface area contributed by atoms with Crippen molar-refractivity contribution >= 4 is 34.7 Å². The maximum atomic E-state index is 13.1. The summed E-state index contributed by atoms with van der Waals surface area (Å²) in [5.41, 5.74) is 1.94. The Morgan fingerprint density at radius 1 is 1.00 bits per heavy atom. The third-order valence-corrected chi connectivity index (χ3v) is 7.45. The number of anilines is 1. The Labute approximate surface area is 193 Å². The molecule has 7 heteroatoms. The van der Waals surface area contributed by atoms with E-state index in [2.05, 4.69) is 10.6 Å². The number of rotatable bonds is 7. The van der Waals surface area contributed by atoms with Crippen LogP contribution < -0.4 is 15.5 Å². The molecule has 2 heterocycles. The van der Waals surface area contributed by atoms with Crippen LogP contribution in [0.3, 0.4) is 0 Å². The molecule has 1 aliphatic carbocycles. The second-order valence-corrected chi connectivity index (χ2v) is 9.77. The fourth-order valence-electron chi connectivity index (χ4n) is 4.78. The van der Waals surface area contributed by atoms with Gasteiger partial charge in [-0.05, 0) is 43.3 Å². The molecule has 1 aliphatic heterocycles. The third kappa shape index (κ3) is 5.04. The van der Waals surface area contributed by atoms with Crippen LogP contribution in [0.25, 0.3) is 0 Å². The van der Waals surface area contributed by atoms with Gasteiger partial charge in [-0.3, -0.25) is 14.4 Å². The molecule has 170 valence electrons. The van der Waals surface area contributed by atoms with Crippen LogP contribution in [0.15, 0.2) is 41.8 Å². The van der Waals surface area contributed by atoms with Gasteiger partial charge in [0.1, 0.15) is 0 Å². The lowest BCUT2D eigenvalue weighted by atomic mass is 9.89. The monoisotopic (exact) mass is 453 g/mol. The number of benzene rings is 1. The summed E-state index contributed by atoms with van der Waals surface area (Å²) in [6.07, 6.45) is 5.54. The number of carbonyl (C=O) groups excluding carboxylic acids is 3. The minimum Gasteiger partial charge on any atom is -0.354 e. The van der Waals surface area contributed by atoms with Crippen molar-refractivity contribution in [1.82, 2.24) is 10.6 Å². The number of nitrogens with one attached hydrogen (secondary N) is 2. The molecule has 1 saturated carbocycles. The smallest absolute Gasteiger partial charge is 0.228 e. The van der Waals surface area contributed by atoms with Crippen molar-refractivity contribution in [2.75, 3.05) is 18.0 Å². The van der Waals surface area contributed by atoms with Gasteiger partial charge < -0.3 is 15.5 Å². The summed E-state index contributed by atoms with van der Waals surface area (Å²) in [5, 5.41) is 7.88.